The Hall–Kier alpha value is -1.17. The fourth-order valence-corrected chi connectivity index (χ4v) is 4.09. The number of aromatic nitrogens is 1. The number of carbonyl (C=O) groups excluding carboxylic acids is 1. The Balaban J connectivity index is 0.00000132. The minimum absolute atomic E-state index is 0. The minimum atomic E-state index is 0. The summed E-state index contributed by atoms with van der Waals surface area (Å²) in [6.45, 7) is 3.41. The number of benzene rings is 1. The summed E-state index contributed by atoms with van der Waals surface area (Å²) in [4.78, 5) is 19.1. The molecule has 3 aliphatic heterocycles. The van der Waals surface area contributed by atoms with Crippen LogP contribution in [0, 0.1) is 5.92 Å². The van der Waals surface area contributed by atoms with Crippen LogP contribution in [0.5, 0.6) is 0 Å². The zero-order chi connectivity index (χ0) is 13.5. The summed E-state index contributed by atoms with van der Waals surface area (Å²) in [5, 5.41) is 3.23. The third-order valence-corrected chi connectivity index (χ3v) is 5.36. The summed E-state index contributed by atoms with van der Waals surface area (Å²) < 4.78 is 1.08. The molecule has 3 fully saturated rings. The van der Waals surface area contributed by atoms with Gasteiger partial charge in [0, 0.05) is 18.2 Å². The van der Waals surface area contributed by atoms with Gasteiger partial charge in [-0.2, -0.15) is 0 Å². The van der Waals surface area contributed by atoms with E-state index in [0.29, 0.717) is 12.0 Å². The maximum atomic E-state index is 12.4. The molecular weight excluding hydrogens is 306 g/mol. The number of nitrogens with one attached hydrogen (secondary N) is 1. The SMILES string of the molecule is Cl.O=C(N[C@@H]1CN2CCC1CC2)c1ccc2ncsc2c1. The van der Waals surface area contributed by atoms with E-state index in [0.717, 1.165) is 22.3 Å². The highest BCUT2D eigenvalue weighted by molar-refractivity contribution is 7.16. The minimum Gasteiger partial charge on any atom is -0.348 e. The molecule has 2 bridgehead atoms. The van der Waals surface area contributed by atoms with Gasteiger partial charge < -0.3 is 10.2 Å². The highest BCUT2D eigenvalue weighted by Crippen LogP contribution is 2.28. The molecule has 1 aromatic heterocycles. The maximum Gasteiger partial charge on any atom is 0.251 e. The van der Waals surface area contributed by atoms with E-state index >= 15 is 0 Å². The van der Waals surface area contributed by atoms with Gasteiger partial charge in [0.2, 0.25) is 0 Å². The van der Waals surface area contributed by atoms with Gasteiger partial charge in [0.25, 0.3) is 5.91 Å². The van der Waals surface area contributed by atoms with Crippen molar-refractivity contribution in [2.75, 3.05) is 19.6 Å². The van der Waals surface area contributed by atoms with Crippen molar-refractivity contribution in [1.29, 1.82) is 0 Å². The molecule has 1 aromatic carbocycles. The van der Waals surface area contributed by atoms with Gasteiger partial charge in [-0.25, -0.2) is 4.98 Å². The van der Waals surface area contributed by atoms with Gasteiger partial charge in [-0.1, -0.05) is 0 Å². The summed E-state index contributed by atoms with van der Waals surface area (Å²) >= 11 is 1.58. The van der Waals surface area contributed by atoms with Crippen molar-refractivity contribution >= 4 is 39.9 Å². The van der Waals surface area contributed by atoms with Crippen LogP contribution >= 0.6 is 23.7 Å². The van der Waals surface area contributed by atoms with E-state index in [9.17, 15) is 4.79 Å². The zero-order valence-electron chi connectivity index (χ0n) is 11.6. The van der Waals surface area contributed by atoms with E-state index in [2.05, 4.69) is 15.2 Å². The summed E-state index contributed by atoms with van der Waals surface area (Å²) in [7, 11) is 0. The van der Waals surface area contributed by atoms with Crippen molar-refractivity contribution in [3.63, 3.8) is 0 Å². The molecule has 4 heterocycles. The first-order valence-electron chi connectivity index (χ1n) is 7.16. The molecule has 112 valence electrons. The van der Waals surface area contributed by atoms with Crippen LogP contribution in [0.4, 0.5) is 0 Å². The Bertz CT molecular complexity index is 651. The third-order valence-electron chi connectivity index (χ3n) is 4.57. The number of hydrogen-bond donors (Lipinski definition) is 1. The van der Waals surface area contributed by atoms with Gasteiger partial charge in [0.05, 0.1) is 15.7 Å². The lowest BCUT2D eigenvalue weighted by Crippen LogP contribution is -2.57. The van der Waals surface area contributed by atoms with E-state index in [-0.39, 0.29) is 18.3 Å². The van der Waals surface area contributed by atoms with Crippen molar-refractivity contribution in [1.82, 2.24) is 15.2 Å². The highest BCUT2D eigenvalue weighted by atomic mass is 35.5. The van der Waals surface area contributed by atoms with Crippen LogP contribution in [0.15, 0.2) is 23.7 Å². The number of rotatable bonds is 2. The van der Waals surface area contributed by atoms with Crippen molar-refractivity contribution in [2.24, 2.45) is 5.92 Å². The standard InChI is InChI=1S/C15H17N3OS.ClH/c19-15(11-1-2-12-14(7-11)20-9-16-12)17-13-8-18-5-3-10(13)4-6-18;/h1-2,7,9-10,13H,3-6,8H2,(H,17,19);1H/t13-;/m1./s1. The Morgan fingerprint density at radius 3 is 2.86 bits per heavy atom. The first-order valence-corrected chi connectivity index (χ1v) is 8.04. The Morgan fingerprint density at radius 1 is 1.33 bits per heavy atom. The van der Waals surface area contributed by atoms with E-state index < -0.39 is 0 Å². The normalized spacial score (nSPS) is 27.3. The van der Waals surface area contributed by atoms with Gasteiger partial charge in [0.15, 0.2) is 0 Å². The fourth-order valence-electron chi connectivity index (χ4n) is 3.38. The molecule has 1 amide bonds. The van der Waals surface area contributed by atoms with Crippen molar-refractivity contribution in [3.05, 3.63) is 29.3 Å². The molecule has 4 nitrogen and oxygen atoms in total. The predicted octanol–water partition coefficient (Wildman–Crippen LogP) is 2.54. The van der Waals surface area contributed by atoms with Gasteiger partial charge in [0.1, 0.15) is 0 Å². The molecule has 0 aliphatic carbocycles. The number of halogens is 1. The monoisotopic (exact) mass is 323 g/mol. The number of amides is 1. The number of hydrogen-bond acceptors (Lipinski definition) is 4. The summed E-state index contributed by atoms with van der Waals surface area (Å²) in [5.41, 5.74) is 3.53. The first kappa shape index (κ1) is 14.8. The molecule has 3 saturated heterocycles. The Kier molecular flexibility index (Phi) is 4.15. The largest absolute Gasteiger partial charge is 0.348 e. The molecule has 5 rings (SSSR count). The second kappa shape index (κ2) is 5.91. The molecule has 2 aromatic rings. The Morgan fingerprint density at radius 2 is 2.14 bits per heavy atom. The van der Waals surface area contributed by atoms with E-state index in [1.807, 2.05) is 23.7 Å². The highest BCUT2D eigenvalue weighted by Gasteiger charge is 2.34. The molecule has 0 spiro atoms. The molecule has 0 saturated carbocycles. The van der Waals surface area contributed by atoms with Gasteiger partial charge in [-0.15, -0.1) is 23.7 Å². The number of fused-ring (bicyclic) bond motifs is 4. The van der Waals surface area contributed by atoms with E-state index in [1.54, 1.807) is 11.3 Å². The zero-order valence-corrected chi connectivity index (χ0v) is 13.3. The van der Waals surface area contributed by atoms with Crippen LogP contribution in [-0.2, 0) is 0 Å². The van der Waals surface area contributed by atoms with Crippen molar-refractivity contribution in [3.8, 4) is 0 Å². The van der Waals surface area contributed by atoms with Crippen LogP contribution in [0.3, 0.4) is 0 Å². The molecule has 1 atom stereocenters. The average molecular weight is 324 g/mol. The topological polar surface area (TPSA) is 45.2 Å². The summed E-state index contributed by atoms with van der Waals surface area (Å²) in [6, 6.07) is 6.07. The van der Waals surface area contributed by atoms with Crippen LogP contribution in [0.2, 0.25) is 0 Å². The van der Waals surface area contributed by atoms with Crippen molar-refractivity contribution in [2.45, 2.75) is 18.9 Å². The smallest absolute Gasteiger partial charge is 0.251 e. The number of piperidine rings is 3. The van der Waals surface area contributed by atoms with Gasteiger partial charge in [-0.3, -0.25) is 4.79 Å². The molecule has 3 aliphatic rings. The molecule has 21 heavy (non-hydrogen) atoms. The molecule has 1 N–H and O–H groups in total. The van der Waals surface area contributed by atoms with Crippen LogP contribution < -0.4 is 5.32 Å². The Labute approximate surface area is 134 Å². The van der Waals surface area contributed by atoms with Gasteiger partial charge in [-0.05, 0) is 50.0 Å². The second-order valence-corrected chi connectivity index (χ2v) is 6.64. The van der Waals surface area contributed by atoms with Crippen molar-refractivity contribution < 1.29 is 4.79 Å². The summed E-state index contributed by atoms with van der Waals surface area (Å²) in [5.74, 6) is 0.718. The lowest BCUT2D eigenvalue weighted by atomic mass is 9.84. The lowest BCUT2D eigenvalue weighted by Gasteiger charge is -2.44. The van der Waals surface area contributed by atoms with E-state index in [1.165, 1.54) is 25.9 Å². The predicted molar refractivity (Wildman–Crippen MR) is 87.3 cm³/mol. The molecular formula is C15H18ClN3OS. The summed E-state index contributed by atoms with van der Waals surface area (Å²) in [6.07, 6.45) is 2.44. The molecule has 0 radical (unpaired) electrons. The van der Waals surface area contributed by atoms with Crippen LogP contribution in [-0.4, -0.2) is 41.5 Å². The number of nitrogens with zero attached hydrogens (tertiary/aromatic N) is 2. The van der Waals surface area contributed by atoms with Crippen LogP contribution in [0.1, 0.15) is 23.2 Å². The molecule has 6 heteroatoms. The lowest BCUT2D eigenvalue weighted by molar-refractivity contribution is 0.0620. The van der Waals surface area contributed by atoms with Gasteiger partial charge >= 0.3 is 0 Å². The third kappa shape index (κ3) is 2.78. The average Bonchev–Trinajstić information content (AvgIpc) is 2.96. The number of thiazole rings is 1. The second-order valence-electron chi connectivity index (χ2n) is 5.75. The maximum absolute atomic E-state index is 12.4. The molecule has 0 unspecified atom stereocenters. The quantitative estimate of drug-likeness (QED) is 0.923. The van der Waals surface area contributed by atoms with E-state index in [4.69, 9.17) is 0 Å². The fraction of sp³-hybridized carbons (Fsp3) is 0.467. The van der Waals surface area contributed by atoms with Crippen LogP contribution in [0.25, 0.3) is 10.2 Å². The number of carbonyl (C=O) groups is 1. The first-order chi connectivity index (χ1) is 9.79.